The van der Waals surface area contributed by atoms with E-state index >= 15 is 0 Å². The van der Waals surface area contributed by atoms with E-state index in [2.05, 4.69) is 10.6 Å². The van der Waals surface area contributed by atoms with Gasteiger partial charge in [-0.3, -0.25) is 9.59 Å². The largest absolute Gasteiger partial charge is 0.489 e. The SMILES string of the molecule is O=C(O)[C@H](Cc1ccc(OCc2c(Cl)cccc2Cl)cc1)NC(=O)[C@@H]1OCO[C@H]1C(=O)Nc1ccccc1Cl. The second-order valence-electron chi connectivity index (χ2n) is 8.50. The molecular formula is C27H23Cl3N2O7. The molecule has 1 saturated heterocycles. The molecule has 3 aromatic carbocycles. The highest BCUT2D eigenvalue weighted by Gasteiger charge is 2.41. The lowest BCUT2D eigenvalue weighted by molar-refractivity contribution is -0.144. The Hall–Kier alpha value is -3.34. The second-order valence-corrected chi connectivity index (χ2v) is 9.72. The number of ether oxygens (including phenoxy) is 3. The van der Waals surface area contributed by atoms with Crippen LogP contribution in [0.3, 0.4) is 0 Å². The number of para-hydroxylation sites is 1. The third-order valence-corrected chi connectivity index (χ3v) is 6.88. The van der Waals surface area contributed by atoms with Crippen molar-refractivity contribution in [1.82, 2.24) is 5.32 Å². The van der Waals surface area contributed by atoms with E-state index in [1.165, 1.54) is 0 Å². The Morgan fingerprint density at radius 1 is 0.872 bits per heavy atom. The van der Waals surface area contributed by atoms with Gasteiger partial charge in [-0.2, -0.15) is 0 Å². The number of amides is 2. The summed E-state index contributed by atoms with van der Waals surface area (Å²) in [6.45, 7) is -0.155. The van der Waals surface area contributed by atoms with Gasteiger partial charge in [0.25, 0.3) is 11.8 Å². The highest BCUT2D eigenvalue weighted by molar-refractivity contribution is 6.36. The molecule has 3 atom stereocenters. The molecule has 9 nitrogen and oxygen atoms in total. The van der Waals surface area contributed by atoms with Crippen LogP contribution in [0.25, 0.3) is 0 Å². The minimum atomic E-state index is -1.35. The molecule has 1 fully saturated rings. The molecule has 39 heavy (non-hydrogen) atoms. The molecule has 0 bridgehead atoms. The van der Waals surface area contributed by atoms with Crippen LogP contribution in [0.1, 0.15) is 11.1 Å². The van der Waals surface area contributed by atoms with Gasteiger partial charge in [0.1, 0.15) is 25.2 Å². The molecule has 0 unspecified atom stereocenters. The quantitative estimate of drug-likeness (QED) is 0.311. The number of halogens is 3. The normalized spacial score (nSPS) is 17.3. The Labute approximate surface area is 238 Å². The Balaban J connectivity index is 1.35. The van der Waals surface area contributed by atoms with Crippen molar-refractivity contribution < 1.29 is 33.7 Å². The van der Waals surface area contributed by atoms with E-state index in [4.69, 9.17) is 49.0 Å². The topological polar surface area (TPSA) is 123 Å². The van der Waals surface area contributed by atoms with Crippen molar-refractivity contribution >= 4 is 58.3 Å². The van der Waals surface area contributed by atoms with Gasteiger partial charge in [-0.05, 0) is 42.0 Å². The zero-order valence-electron chi connectivity index (χ0n) is 20.2. The summed E-state index contributed by atoms with van der Waals surface area (Å²) in [5.74, 6) is -2.18. The number of carbonyl (C=O) groups excluding carboxylic acids is 2. The summed E-state index contributed by atoms with van der Waals surface area (Å²) < 4.78 is 16.3. The zero-order valence-corrected chi connectivity index (χ0v) is 22.5. The summed E-state index contributed by atoms with van der Waals surface area (Å²) in [5.41, 5.74) is 1.61. The number of hydrogen-bond donors (Lipinski definition) is 3. The van der Waals surface area contributed by atoms with Crippen LogP contribution in [0.5, 0.6) is 5.75 Å². The maximum atomic E-state index is 12.9. The van der Waals surface area contributed by atoms with Crippen LogP contribution in [0, 0.1) is 0 Å². The number of carboxylic acids is 1. The summed E-state index contributed by atoms with van der Waals surface area (Å²) in [6.07, 6.45) is -2.66. The fraction of sp³-hybridized carbons (Fsp3) is 0.222. The molecule has 0 aliphatic carbocycles. The standard InChI is InChI=1S/C27H23Cl3N2O7/c28-18-5-3-6-19(29)17(18)13-37-16-10-8-15(9-11-16)12-22(27(35)36)32-26(34)24-23(38-14-39-24)25(33)31-21-7-2-1-4-20(21)30/h1-11,22-24H,12-14H2,(H,31,33)(H,32,34)(H,35,36)/t22-,23+,24+/m0/s1. The first-order chi connectivity index (χ1) is 18.7. The first-order valence-corrected chi connectivity index (χ1v) is 12.8. The predicted molar refractivity (Wildman–Crippen MR) is 145 cm³/mol. The maximum Gasteiger partial charge on any atom is 0.326 e. The van der Waals surface area contributed by atoms with Gasteiger partial charge in [0.15, 0.2) is 12.2 Å². The van der Waals surface area contributed by atoms with Crippen molar-refractivity contribution in [3.05, 3.63) is 92.9 Å². The molecule has 0 spiro atoms. The summed E-state index contributed by atoms with van der Waals surface area (Å²) in [5, 5.41) is 16.0. The van der Waals surface area contributed by atoms with Crippen LogP contribution >= 0.6 is 34.8 Å². The molecule has 1 heterocycles. The van der Waals surface area contributed by atoms with Crippen molar-refractivity contribution in [2.45, 2.75) is 31.3 Å². The maximum absolute atomic E-state index is 12.9. The van der Waals surface area contributed by atoms with Gasteiger partial charge < -0.3 is 30.0 Å². The van der Waals surface area contributed by atoms with Gasteiger partial charge in [0.2, 0.25) is 0 Å². The lowest BCUT2D eigenvalue weighted by atomic mass is 10.0. The Kier molecular flexibility index (Phi) is 9.66. The molecule has 1 aliphatic rings. The first-order valence-electron chi connectivity index (χ1n) is 11.7. The minimum absolute atomic E-state index is 0.0260. The van der Waals surface area contributed by atoms with Gasteiger partial charge in [-0.15, -0.1) is 0 Å². The monoisotopic (exact) mass is 592 g/mol. The van der Waals surface area contributed by atoms with E-state index in [1.54, 1.807) is 66.7 Å². The predicted octanol–water partition coefficient (Wildman–Crippen LogP) is 4.72. The van der Waals surface area contributed by atoms with Crippen LogP contribution in [-0.4, -0.2) is 47.9 Å². The Bertz CT molecular complexity index is 1330. The zero-order chi connectivity index (χ0) is 27.9. The summed E-state index contributed by atoms with van der Waals surface area (Å²) >= 11 is 18.4. The number of aliphatic carboxylic acids is 1. The van der Waals surface area contributed by atoms with Gasteiger partial charge in [-0.25, -0.2) is 4.79 Å². The number of rotatable bonds is 10. The highest BCUT2D eigenvalue weighted by atomic mass is 35.5. The lowest BCUT2D eigenvalue weighted by Gasteiger charge is -2.20. The Morgan fingerprint density at radius 3 is 2.13 bits per heavy atom. The molecule has 0 aromatic heterocycles. The van der Waals surface area contributed by atoms with Crippen LogP contribution in [0.2, 0.25) is 15.1 Å². The summed E-state index contributed by atoms with van der Waals surface area (Å²) in [4.78, 5) is 37.5. The molecule has 1 aliphatic heterocycles. The number of benzene rings is 3. The summed E-state index contributed by atoms with van der Waals surface area (Å²) in [7, 11) is 0. The van der Waals surface area contributed by atoms with Crippen LogP contribution in [-0.2, 0) is 36.9 Å². The molecule has 0 saturated carbocycles. The third kappa shape index (κ3) is 7.40. The lowest BCUT2D eigenvalue weighted by Crippen LogP contribution is -2.51. The van der Waals surface area contributed by atoms with Gasteiger partial charge in [0, 0.05) is 22.0 Å². The molecule has 4 rings (SSSR count). The number of hydrogen-bond acceptors (Lipinski definition) is 6. The number of carbonyl (C=O) groups is 3. The van der Waals surface area contributed by atoms with Crippen molar-refractivity contribution in [3.8, 4) is 5.75 Å². The van der Waals surface area contributed by atoms with Gasteiger partial charge in [0.05, 0.1) is 10.7 Å². The summed E-state index contributed by atoms with van der Waals surface area (Å²) in [6, 6.07) is 17.2. The van der Waals surface area contributed by atoms with Crippen molar-refractivity contribution in [2.75, 3.05) is 12.1 Å². The van der Waals surface area contributed by atoms with E-state index in [0.717, 1.165) is 0 Å². The highest BCUT2D eigenvalue weighted by Crippen LogP contribution is 2.26. The Morgan fingerprint density at radius 2 is 1.49 bits per heavy atom. The third-order valence-electron chi connectivity index (χ3n) is 5.84. The molecule has 2 amide bonds. The fourth-order valence-corrected chi connectivity index (χ4v) is 4.48. The van der Waals surface area contributed by atoms with Crippen LogP contribution < -0.4 is 15.4 Å². The van der Waals surface area contributed by atoms with Crippen molar-refractivity contribution in [1.29, 1.82) is 0 Å². The number of anilines is 1. The smallest absolute Gasteiger partial charge is 0.326 e. The molecule has 3 N–H and O–H groups in total. The van der Waals surface area contributed by atoms with Crippen LogP contribution in [0.4, 0.5) is 5.69 Å². The van der Waals surface area contributed by atoms with Gasteiger partial charge >= 0.3 is 5.97 Å². The van der Waals surface area contributed by atoms with Crippen LogP contribution in [0.15, 0.2) is 66.7 Å². The van der Waals surface area contributed by atoms with Gasteiger partial charge in [-0.1, -0.05) is 65.1 Å². The number of carboxylic acid groups (broad SMARTS) is 1. The molecule has 3 aromatic rings. The minimum Gasteiger partial charge on any atom is -0.489 e. The molecule has 0 radical (unpaired) electrons. The van der Waals surface area contributed by atoms with Crippen molar-refractivity contribution in [2.24, 2.45) is 0 Å². The molecular weight excluding hydrogens is 571 g/mol. The second kappa shape index (κ2) is 13.1. The van der Waals surface area contributed by atoms with Crippen molar-refractivity contribution in [3.63, 3.8) is 0 Å². The first kappa shape index (κ1) is 28.7. The van der Waals surface area contributed by atoms with E-state index in [0.29, 0.717) is 37.6 Å². The fourth-order valence-electron chi connectivity index (χ4n) is 3.79. The average molecular weight is 594 g/mol. The van der Waals surface area contributed by atoms with E-state index in [-0.39, 0.29) is 19.8 Å². The molecule has 204 valence electrons. The van der Waals surface area contributed by atoms with E-state index in [9.17, 15) is 19.5 Å². The van der Waals surface area contributed by atoms with E-state index < -0.39 is 36.0 Å². The molecule has 12 heteroatoms. The van der Waals surface area contributed by atoms with E-state index in [1.807, 2.05) is 0 Å². The average Bonchev–Trinajstić information content (AvgIpc) is 3.41. The number of nitrogens with one attached hydrogen (secondary N) is 2.